The summed E-state index contributed by atoms with van der Waals surface area (Å²) in [6.07, 6.45) is 1.90. The van der Waals surface area contributed by atoms with Crippen molar-refractivity contribution in [3.05, 3.63) is 46.2 Å². The Morgan fingerprint density at radius 2 is 2.16 bits per heavy atom. The highest BCUT2D eigenvalue weighted by molar-refractivity contribution is 9.10. The van der Waals surface area contributed by atoms with E-state index in [1.807, 2.05) is 37.4 Å². The molecule has 5 heteroatoms. The number of nitrogens with one attached hydrogen (secondary N) is 1. The van der Waals surface area contributed by atoms with Crippen molar-refractivity contribution in [1.29, 1.82) is 0 Å². The van der Waals surface area contributed by atoms with Gasteiger partial charge in [-0.15, -0.1) is 0 Å². The Labute approximate surface area is 119 Å². The van der Waals surface area contributed by atoms with Gasteiger partial charge in [0.1, 0.15) is 5.65 Å². The highest BCUT2D eigenvalue weighted by Crippen LogP contribution is 2.25. The lowest BCUT2D eigenvalue weighted by atomic mass is 10.1. The van der Waals surface area contributed by atoms with Crippen LogP contribution in [-0.2, 0) is 6.54 Å². The molecule has 0 saturated heterocycles. The number of fused-ring (bicyclic) bond motifs is 1. The van der Waals surface area contributed by atoms with Crippen molar-refractivity contribution in [2.45, 2.75) is 13.5 Å². The van der Waals surface area contributed by atoms with Crippen molar-refractivity contribution in [2.75, 3.05) is 0 Å². The Bertz CT molecular complexity index is 748. The van der Waals surface area contributed by atoms with Gasteiger partial charge in [0, 0.05) is 28.2 Å². The molecule has 2 aromatic heterocycles. The molecule has 0 atom stereocenters. The molecule has 1 aromatic carbocycles. The standard InChI is InChI=1S/C14H13BrN4/c1-8-12-10(6-16)7-17-14(12)19-13(18-8)9-3-2-4-11(15)5-9/h2-5,7H,6,16H2,1H3,(H,17,18,19). The van der Waals surface area contributed by atoms with Gasteiger partial charge in [-0.25, -0.2) is 9.97 Å². The van der Waals surface area contributed by atoms with Crippen LogP contribution in [0.1, 0.15) is 11.3 Å². The average Bonchev–Trinajstić information content (AvgIpc) is 2.82. The summed E-state index contributed by atoms with van der Waals surface area (Å²) in [4.78, 5) is 12.3. The number of nitrogens with two attached hydrogens (primary N) is 1. The van der Waals surface area contributed by atoms with Gasteiger partial charge in [0.25, 0.3) is 0 Å². The molecule has 0 saturated carbocycles. The molecule has 0 spiro atoms. The molecule has 0 radical (unpaired) electrons. The Balaban J connectivity index is 2.21. The summed E-state index contributed by atoms with van der Waals surface area (Å²) in [6, 6.07) is 7.96. The second-order valence-electron chi connectivity index (χ2n) is 4.38. The summed E-state index contributed by atoms with van der Waals surface area (Å²) >= 11 is 3.46. The van der Waals surface area contributed by atoms with Crippen LogP contribution in [0.4, 0.5) is 0 Å². The normalized spacial score (nSPS) is 11.1. The first-order valence-corrected chi connectivity index (χ1v) is 6.79. The number of aryl methyl sites for hydroxylation is 1. The third-order valence-electron chi connectivity index (χ3n) is 3.10. The topological polar surface area (TPSA) is 67.6 Å². The van der Waals surface area contributed by atoms with E-state index in [4.69, 9.17) is 5.73 Å². The second-order valence-corrected chi connectivity index (χ2v) is 5.30. The van der Waals surface area contributed by atoms with Gasteiger partial charge in [0.2, 0.25) is 0 Å². The van der Waals surface area contributed by atoms with Gasteiger partial charge in [0.15, 0.2) is 5.82 Å². The van der Waals surface area contributed by atoms with E-state index in [9.17, 15) is 0 Å². The van der Waals surface area contributed by atoms with Gasteiger partial charge in [-0.3, -0.25) is 0 Å². The van der Waals surface area contributed by atoms with Crippen molar-refractivity contribution >= 4 is 27.0 Å². The fourth-order valence-electron chi connectivity index (χ4n) is 2.21. The second kappa shape index (κ2) is 4.75. The number of aromatic nitrogens is 3. The van der Waals surface area contributed by atoms with Crippen molar-refractivity contribution in [2.24, 2.45) is 5.73 Å². The number of rotatable bonds is 2. The van der Waals surface area contributed by atoms with Crippen molar-refractivity contribution in [3.63, 3.8) is 0 Å². The molecule has 0 aliphatic heterocycles. The lowest BCUT2D eigenvalue weighted by Gasteiger charge is -2.04. The molecule has 0 unspecified atom stereocenters. The molecular formula is C14H13BrN4. The van der Waals surface area contributed by atoms with E-state index in [1.165, 1.54) is 0 Å². The maximum Gasteiger partial charge on any atom is 0.161 e. The van der Waals surface area contributed by atoms with Crippen LogP contribution in [0.3, 0.4) is 0 Å². The van der Waals surface area contributed by atoms with Crippen LogP contribution < -0.4 is 5.73 Å². The van der Waals surface area contributed by atoms with Crippen LogP contribution in [-0.4, -0.2) is 15.0 Å². The maximum absolute atomic E-state index is 5.72. The molecule has 0 amide bonds. The number of benzene rings is 1. The maximum atomic E-state index is 5.72. The zero-order chi connectivity index (χ0) is 13.4. The quantitative estimate of drug-likeness (QED) is 0.763. The van der Waals surface area contributed by atoms with Gasteiger partial charge in [-0.1, -0.05) is 28.1 Å². The predicted octanol–water partition coefficient (Wildman–Crippen LogP) is 3.15. The largest absolute Gasteiger partial charge is 0.346 e. The van der Waals surface area contributed by atoms with Gasteiger partial charge in [-0.2, -0.15) is 0 Å². The van der Waals surface area contributed by atoms with Gasteiger partial charge in [0.05, 0.1) is 5.69 Å². The summed E-state index contributed by atoms with van der Waals surface area (Å²) in [5, 5.41) is 1.03. The molecule has 3 aromatic rings. The van der Waals surface area contributed by atoms with E-state index in [-0.39, 0.29) is 0 Å². The molecule has 0 aliphatic carbocycles. The molecule has 4 nitrogen and oxygen atoms in total. The number of halogens is 1. The SMILES string of the molecule is Cc1nc(-c2cccc(Br)c2)nc2[nH]cc(CN)c12. The van der Waals surface area contributed by atoms with E-state index < -0.39 is 0 Å². The molecule has 3 rings (SSSR count). The van der Waals surface area contributed by atoms with Crippen molar-refractivity contribution in [3.8, 4) is 11.4 Å². The molecule has 3 N–H and O–H groups in total. The molecule has 0 fully saturated rings. The highest BCUT2D eigenvalue weighted by atomic mass is 79.9. The predicted molar refractivity (Wildman–Crippen MR) is 79.7 cm³/mol. The molecule has 2 heterocycles. The van der Waals surface area contributed by atoms with Crippen LogP contribution in [0.5, 0.6) is 0 Å². The first-order valence-electron chi connectivity index (χ1n) is 5.99. The van der Waals surface area contributed by atoms with E-state index in [2.05, 4.69) is 30.9 Å². The molecule has 0 bridgehead atoms. The number of hydrogen-bond acceptors (Lipinski definition) is 3. The summed E-state index contributed by atoms with van der Waals surface area (Å²) < 4.78 is 1.01. The Morgan fingerprint density at radius 3 is 2.89 bits per heavy atom. The van der Waals surface area contributed by atoms with Crippen molar-refractivity contribution in [1.82, 2.24) is 15.0 Å². The lowest BCUT2D eigenvalue weighted by molar-refractivity contribution is 1.08. The van der Waals surface area contributed by atoms with E-state index in [0.717, 1.165) is 38.2 Å². The zero-order valence-corrected chi connectivity index (χ0v) is 12.0. The van der Waals surface area contributed by atoms with Crippen LogP contribution in [0.25, 0.3) is 22.4 Å². The fraction of sp³-hybridized carbons (Fsp3) is 0.143. The minimum Gasteiger partial charge on any atom is -0.346 e. The van der Waals surface area contributed by atoms with E-state index in [1.54, 1.807) is 0 Å². The van der Waals surface area contributed by atoms with E-state index in [0.29, 0.717) is 6.54 Å². The monoisotopic (exact) mass is 316 g/mol. The third kappa shape index (κ3) is 2.15. The van der Waals surface area contributed by atoms with Gasteiger partial charge in [-0.05, 0) is 24.6 Å². The minimum atomic E-state index is 0.487. The molecule has 96 valence electrons. The van der Waals surface area contributed by atoms with Gasteiger partial charge < -0.3 is 10.7 Å². The number of hydrogen-bond donors (Lipinski definition) is 2. The first kappa shape index (κ1) is 12.3. The summed E-state index contributed by atoms with van der Waals surface area (Å²) in [5.74, 6) is 0.719. The molecular weight excluding hydrogens is 304 g/mol. The summed E-state index contributed by atoms with van der Waals surface area (Å²) in [7, 11) is 0. The third-order valence-corrected chi connectivity index (χ3v) is 3.59. The van der Waals surface area contributed by atoms with Crippen molar-refractivity contribution < 1.29 is 0 Å². The Hall–Kier alpha value is -1.72. The molecule has 19 heavy (non-hydrogen) atoms. The van der Waals surface area contributed by atoms with E-state index >= 15 is 0 Å². The first-order chi connectivity index (χ1) is 9.19. The zero-order valence-electron chi connectivity index (χ0n) is 10.4. The summed E-state index contributed by atoms with van der Waals surface area (Å²) in [6.45, 7) is 2.47. The Morgan fingerprint density at radius 1 is 1.32 bits per heavy atom. The van der Waals surface area contributed by atoms with Gasteiger partial charge >= 0.3 is 0 Å². The summed E-state index contributed by atoms with van der Waals surface area (Å²) in [5.41, 5.74) is 9.54. The smallest absolute Gasteiger partial charge is 0.161 e. The lowest BCUT2D eigenvalue weighted by Crippen LogP contribution is -1.98. The van der Waals surface area contributed by atoms with Crippen LogP contribution in [0.15, 0.2) is 34.9 Å². The van der Waals surface area contributed by atoms with Crippen LogP contribution in [0, 0.1) is 6.92 Å². The number of nitrogens with zero attached hydrogens (tertiary/aromatic N) is 2. The average molecular weight is 317 g/mol. The minimum absolute atomic E-state index is 0.487. The van der Waals surface area contributed by atoms with Crippen LogP contribution >= 0.6 is 15.9 Å². The van der Waals surface area contributed by atoms with Crippen LogP contribution in [0.2, 0.25) is 0 Å². The molecule has 0 aliphatic rings. The Kier molecular flexibility index (Phi) is 3.08. The highest BCUT2D eigenvalue weighted by Gasteiger charge is 2.11. The number of H-pyrrole nitrogens is 1. The fourth-order valence-corrected chi connectivity index (χ4v) is 2.61. The number of aromatic amines is 1.